The lowest BCUT2D eigenvalue weighted by Crippen LogP contribution is -2.58. The molecule has 0 fully saturated rings. The minimum Gasteiger partial charge on any atom is -0.508 e. The Morgan fingerprint density at radius 3 is 2.39 bits per heavy atom. The van der Waals surface area contributed by atoms with Crippen LogP contribution < -0.4 is 43.3 Å². The molecular weight excluding hydrogens is 677 g/mol. The lowest BCUT2D eigenvalue weighted by atomic mass is 9.95. The summed E-state index contributed by atoms with van der Waals surface area (Å²) in [4.78, 5) is 57.7. The van der Waals surface area contributed by atoms with Crippen molar-refractivity contribution in [3.05, 3.63) is 64.7 Å². The molecule has 0 saturated heterocycles. The highest BCUT2D eigenvalue weighted by Crippen LogP contribution is 2.36. The van der Waals surface area contributed by atoms with Crippen LogP contribution >= 0.6 is 7.67 Å². The molecule has 17 heteroatoms. The van der Waals surface area contributed by atoms with Crippen LogP contribution in [0.25, 0.3) is 0 Å². The Hall–Kier alpha value is -4.50. The van der Waals surface area contributed by atoms with Crippen molar-refractivity contribution >= 4 is 37.3 Å². The van der Waals surface area contributed by atoms with Crippen molar-refractivity contribution in [2.24, 2.45) is 22.2 Å². The smallest absolute Gasteiger partial charge is 0.368 e. The molecule has 1 aliphatic rings. The van der Waals surface area contributed by atoms with Crippen LogP contribution in [0, 0.1) is 13.8 Å². The number of aromatic hydroxyl groups is 1. The number of guanidine groups is 1. The SMILES string of the molecule is CCOP1(=O)NCCCC[C@@H](C(=O)N[C@@H](Cc2ccccc2)C(N)=O)NC(=O)[C@H](Cc2c(C)cc(O)cc2C)NC(=O)[C@H](N)CCCN=C(N)N1. The Bertz CT molecular complexity index is 1570. The molecule has 0 spiro atoms. The fourth-order valence-corrected chi connectivity index (χ4v) is 7.12. The first-order valence-electron chi connectivity index (χ1n) is 17.1. The van der Waals surface area contributed by atoms with E-state index < -0.39 is 55.5 Å². The fraction of sp³-hybridized carbons (Fsp3) is 0.500. The largest absolute Gasteiger partial charge is 0.508 e. The lowest BCUT2D eigenvalue weighted by Gasteiger charge is -2.26. The summed E-state index contributed by atoms with van der Waals surface area (Å²) < 4.78 is 18.8. The number of nitrogens with one attached hydrogen (secondary N) is 5. The maximum atomic E-state index is 14.0. The Labute approximate surface area is 298 Å². The maximum Gasteiger partial charge on any atom is 0.368 e. The molecule has 12 N–H and O–H groups in total. The van der Waals surface area contributed by atoms with Gasteiger partial charge in [-0.25, -0.2) is 9.65 Å². The zero-order chi connectivity index (χ0) is 37.6. The summed E-state index contributed by atoms with van der Waals surface area (Å²) in [5, 5.41) is 23.8. The van der Waals surface area contributed by atoms with E-state index in [0.29, 0.717) is 30.4 Å². The number of nitrogens with two attached hydrogens (primary N) is 3. The van der Waals surface area contributed by atoms with Crippen LogP contribution in [0.15, 0.2) is 47.5 Å². The predicted octanol–water partition coefficient (Wildman–Crippen LogP) is 0.664. The zero-order valence-corrected chi connectivity index (χ0v) is 30.3. The molecule has 4 amide bonds. The number of hydrogen-bond acceptors (Lipinski definition) is 10. The number of phenols is 1. The van der Waals surface area contributed by atoms with Gasteiger partial charge < -0.3 is 42.8 Å². The first-order valence-corrected chi connectivity index (χ1v) is 18.7. The van der Waals surface area contributed by atoms with E-state index in [1.165, 1.54) is 0 Å². The van der Waals surface area contributed by atoms with E-state index in [9.17, 15) is 28.8 Å². The van der Waals surface area contributed by atoms with Crippen LogP contribution in [0.1, 0.15) is 61.3 Å². The van der Waals surface area contributed by atoms with Gasteiger partial charge in [0.25, 0.3) is 0 Å². The average Bonchev–Trinajstić information content (AvgIpc) is 3.06. The molecule has 2 aromatic carbocycles. The second-order valence-electron chi connectivity index (χ2n) is 12.5. The fourth-order valence-electron chi connectivity index (χ4n) is 5.70. The van der Waals surface area contributed by atoms with Crippen LogP contribution in [-0.2, 0) is 41.1 Å². The number of nitrogens with zero attached hydrogens (tertiary/aromatic N) is 1. The molecular formula is C34H52N9O7P. The third kappa shape index (κ3) is 13.3. The Morgan fingerprint density at radius 1 is 1.06 bits per heavy atom. The van der Waals surface area contributed by atoms with Crippen molar-refractivity contribution < 1.29 is 33.4 Å². The number of phenolic OH excluding ortho intramolecular Hbond substituents is 1. The number of carbonyl (C=O) groups excluding carboxylic acids is 4. The standard InChI is InChI=1S/C34H52N9O7P/c1-4-50-51(49)39-16-9-8-14-27(32(47)41-28(30(36)45)19-23-11-6-5-7-12-23)40-33(48)29(20-25-21(2)17-24(44)18-22(25)3)42-31(46)26(35)13-10-15-38-34(37)43-51/h5-7,11-12,17-18,26-29,44H,4,8-10,13-16,19-20,35H2,1-3H3,(H2,36,45)(H,40,48)(H,41,47)(H,42,46)(H4,37,38,39,43,49)/t26-,27+,28+,29+,51?/m1/s1. The Morgan fingerprint density at radius 2 is 1.75 bits per heavy atom. The average molecular weight is 730 g/mol. The Balaban J connectivity index is 1.94. The van der Waals surface area contributed by atoms with Gasteiger partial charge in [-0.3, -0.25) is 29.3 Å². The first-order chi connectivity index (χ1) is 24.2. The van der Waals surface area contributed by atoms with Gasteiger partial charge in [0.05, 0.1) is 12.6 Å². The quantitative estimate of drug-likeness (QED) is 0.162. The van der Waals surface area contributed by atoms with Gasteiger partial charge in [-0.15, -0.1) is 0 Å². The van der Waals surface area contributed by atoms with Gasteiger partial charge in [0.1, 0.15) is 23.9 Å². The maximum absolute atomic E-state index is 14.0. The Kier molecular flexibility index (Phi) is 15.9. The molecule has 1 heterocycles. The number of benzene rings is 2. The molecule has 5 atom stereocenters. The minimum atomic E-state index is -3.63. The molecule has 1 unspecified atom stereocenters. The van der Waals surface area contributed by atoms with Gasteiger partial charge in [0.2, 0.25) is 23.6 Å². The molecule has 0 aromatic heterocycles. The predicted molar refractivity (Wildman–Crippen MR) is 194 cm³/mol. The van der Waals surface area contributed by atoms with Gasteiger partial charge in [-0.2, -0.15) is 0 Å². The summed E-state index contributed by atoms with van der Waals surface area (Å²) in [7, 11) is -3.63. The van der Waals surface area contributed by atoms with E-state index in [1.807, 2.05) is 6.07 Å². The highest BCUT2D eigenvalue weighted by molar-refractivity contribution is 7.55. The van der Waals surface area contributed by atoms with E-state index in [1.54, 1.807) is 57.2 Å². The molecule has 1 aliphatic heterocycles. The lowest BCUT2D eigenvalue weighted by molar-refractivity contribution is -0.133. The van der Waals surface area contributed by atoms with Crippen molar-refractivity contribution in [1.29, 1.82) is 0 Å². The molecule has 0 radical (unpaired) electrons. The van der Waals surface area contributed by atoms with Crippen LogP contribution in [0.3, 0.4) is 0 Å². The molecule has 280 valence electrons. The molecule has 51 heavy (non-hydrogen) atoms. The third-order valence-electron chi connectivity index (χ3n) is 8.40. The second-order valence-corrected chi connectivity index (χ2v) is 14.4. The summed E-state index contributed by atoms with van der Waals surface area (Å²) in [6.45, 7) is 5.74. The highest BCUT2D eigenvalue weighted by Gasteiger charge is 2.31. The zero-order valence-electron chi connectivity index (χ0n) is 29.4. The van der Waals surface area contributed by atoms with Crippen molar-refractivity contribution in [3.8, 4) is 5.75 Å². The van der Waals surface area contributed by atoms with Crippen molar-refractivity contribution in [3.63, 3.8) is 0 Å². The van der Waals surface area contributed by atoms with E-state index in [0.717, 1.165) is 11.1 Å². The molecule has 0 aliphatic carbocycles. The molecule has 0 bridgehead atoms. The van der Waals surface area contributed by atoms with Crippen molar-refractivity contribution in [2.45, 2.75) is 89.9 Å². The van der Waals surface area contributed by atoms with Gasteiger partial charge in [-0.1, -0.05) is 30.3 Å². The summed E-state index contributed by atoms with van der Waals surface area (Å²) in [5.41, 5.74) is 20.8. The van der Waals surface area contributed by atoms with Gasteiger partial charge >= 0.3 is 7.67 Å². The van der Waals surface area contributed by atoms with Crippen molar-refractivity contribution in [1.82, 2.24) is 26.1 Å². The highest BCUT2D eigenvalue weighted by atomic mass is 31.2. The van der Waals surface area contributed by atoms with E-state index in [2.05, 4.69) is 31.1 Å². The first kappa shape index (κ1) is 40.9. The van der Waals surface area contributed by atoms with E-state index in [-0.39, 0.29) is 57.1 Å². The normalized spacial score (nSPS) is 23.5. The molecule has 3 rings (SSSR count). The number of rotatable bonds is 9. The number of aliphatic imine (C=N–C) groups is 1. The van der Waals surface area contributed by atoms with Gasteiger partial charge in [-0.05, 0) is 87.3 Å². The summed E-state index contributed by atoms with van der Waals surface area (Å²) >= 11 is 0. The number of aryl methyl sites for hydroxylation is 2. The van der Waals surface area contributed by atoms with Gasteiger partial charge in [0.15, 0.2) is 5.96 Å². The summed E-state index contributed by atoms with van der Waals surface area (Å²) in [5.74, 6) is -2.70. The molecule has 16 nitrogen and oxygen atoms in total. The second kappa shape index (κ2) is 19.8. The van der Waals surface area contributed by atoms with Crippen LogP contribution in [-0.4, -0.2) is 78.6 Å². The summed E-state index contributed by atoms with van der Waals surface area (Å²) in [6, 6.07) is 7.76. The van der Waals surface area contributed by atoms with Gasteiger partial charge in [0, 0.05) is 25.9 Å². The minimum absolute atomic E-state index is 0.0393. The monoisotopic (exact) mass is 729 g/mol. The number of primary amides is 1. The third-order valence-corrected chi connectivity index (χ3v) is 10.2. The molecule has 2 aromatic rings. The van der Waals surface area contributed by atoms with Crippen LogP contribution in [0.2, 0.25) is 0 Å². The number of carbonyl (C=O) groups is 4. The number of amides is 4. The molecule has 0 saturated carbocycles. The topological polar surface area (TPSA) is 265 Å². The van der Waals surface area contributed by atoms with Crippen LogP contribution in [0.5, 0.6) is 5.75 Å². The van der Waals surface area contributed by atoms with Crippen molar-refractivity contribution in [2.75, 3.05) is 19.7 Å². The summed E-state index contributed by atoms with van der Waals surface area (Å²) in [6.07, 6.45) is 1.59. The van der Waals surface area contributed by atoms with E-state index >= 15 is 0 Å². The van der Waals surface area contributed by atoms with Crippen LogP contribution in [0.4, 0.5) is 0 Å². The van der Waals surface area contributed by atoms with E-state index in [4.69, 9.17) is 21.7 Å². The number of hydrogen-bond donors (Lipinski definition) is 9.